The zero-order valence-corrected chi connectivity index (χ0v) is 16.1. The summed E-state index contributed by atoms with van der Waals surface area (Å²) in [5.41, 5.74) is 4.11. The summed E-state index contributed by atoms with van der Waals surface area (Å²) in [4.78, 5) is 0. The Balaban J connectivity index is 2.33. The van der Waals surface area contributed by atoms with Crippen LogP contribution < -0.4 is 0 Å². The fourth-order valence-electron chi connectivity index (χ4n) is 2.29. The molecule has 0 nitrogen and oxygen atoms in total. The molecule has 0 atom stereocenters. The first-order chi connectivity index (χ1) is 9.59. The van der Waals surface area contributed by atoms with Gasteiger partial charge in [-0.05, 0) is 36.6 Å². The van der Waals surface area contributed by atoms with Crippen molar-refractivity contribution >= 4 is 47.8 Å². The van der Waals surface area contributed by atoms with E-state index in [1.54, 1.807) is 0 Å². The van der Waals surface area contributed by atoms with Crippen LogP contribution in [0.25, 0.3) is 0 Å². The van der Waals surface area contributed by atoms with Gasteiger partial charge in [0.15, 0.2) is 0 Å². The fourth-order valence-corrected chi connectivity index (χ4v) is 4.52. The molecule has 0 fully saturated rings. The standard InChI is InChI=1S/C17H17Br3/c1-13-2-4-14(5-3-13)10-17(11-18,12-19)15-6-8-16(20)9-7-15/h2-9H,10-12H2,1H3. The van der Waals surface area contributed by atoms with Gasteiger partial charge in [-0.1, -0.05) is 89.8 Å². The molecule has 0 saturated carbocycles. The largest absolute Gasteiger partial charge is 0.0918 e. The van der Waals surface area contributed by atoms with Gasteiger partial charge in [0.05, 0.1) is 0 Å². The molecule has 20 heavy (non-hydrogen) atoms. The summed E-state index contributed by atoms with van der Waals surface area (Å²) in [6, 6.07) is 17.5. The molecule has 0 amide bonds. The maximum atomic E-state index is 3.72. The van der Waals surface area contributed by atoms with Crippen molar-refractivity contribution in [3.8, 4) is 0 Å². The Hall–Kier alpha value is -0.120. The van der Waals surface area contributed by atoms with Gasteiger partial charge in [0.2, 0.25) is 0 Å². The molecule has 0 unspecified atom stereocenters. The Bertz CT molecular complexity index is 539. The van der Waals surface area contributed by atoms with E-state index in [2.05, 4.69) is 103 Å². The molecule has 0 spiro atoms. The van der Waals surface area contributed by atoms with Crippen LogP contribution in [0.5, 0.6) is 0 Å². The van der Waals surface area contributed by atoms with Crippen LogP contribution in [0.3, 0.4) is 0 Å². The predicted molar refractivity (Wildman–Crippen MR) is 98.3 cm³/mol. The molecule has 0 aromatic heterocycles. The summed E-state index contributed by atoms with van der Waals surface area (Å²) < 4.78 is 1.12. The molecule has 0 aliphatic heterocycles. The highest BCUT2D eigenvalue weighted by Crippen LogP contribution is 2.33. The molecule has 2 aromatic carbocycles. The maximum absolute atomic E-state index is 3.72. The summed E-state index contributed by atoms with van der Waals surface area (Å²) in [6.45, 7) is 2.13. The molecule has 106 valence electrons. The minimum Gasteiger partial charge on any atom is -0.0918 e. The van der Waals surface area contributed by atoms with Gasteiger partial charge in [0.1, 0.15) is 0 Å². The third kappa shape index (κ3) is 3.75. The van der Waals surface area contributed by atoms with Crippen molar-refractivity contribution in [2.45, 2.75) is 18.8 Å². The van der Waals surface area contributed by atoms with Crippen molar-refractivity contribution in [1.29, 1.82) is 0 Å². The second-order valence-corrected chi connectivity index (χ2v) is 7.25. The van der Waals surface area contributed by atoms with E-state index < -0.39 is 0 Å². The maximum Gasteiger partial charge on any atom is 0.0187 e. The summed E-state index contributed by atoms with van der Waals surface area (Å²) in [6.07, 6.45) is 1.02. The molecular formula is C17H17Br3. The Morgan fingerprint density at radius 2 is 1.40 bits per heavy atom. The summed E-state index contributed by atoms with van der Waals surface area (Å²) in [7, 11) is 0. The lowest BCUT2D eigenvalue weighted by molar-refractivity contribution is 0.551. The number of alkyl halides is 2. The van der Waals surface area contributed by atoms with E-state index in [-0.39, 0.29) is 5.41 Å². The van der Waals surface area contributed by atoms with Gasteiger partial charge in [-0.2, -0.15) is 0 Å². The highest BCUT2D eigenvalue weighted by Gasteiger charge is 2.30. The molecule has 0 radical (unpaired) electrons. The number of halogens is 3. The highest BCUT2D eigenvalue weighted by molar-refractivity contribution is 9.10. The van der Waals surface area contributed by atoms with E-state index in [0.717, 1.165) is 21.6 Å². The summed E-state index contributed by atoms with van der Waals surface area (Å²) in [5, 5.41) is 1.86. The van der Waals surface area contributed by atoms with Gasteiger partial charge >= 0.3 is 0 Å². The Morgan fingerprint density at radius 3 is 1.90 bits per heavy atom. The third-order valence-electron chi connectivity index (χ3n) is 3.63. The zero-order valence-electron chi connectivity index (χ0n) is 11.4. The lowest BCUT2D eigenvalue weighted by Crippen LogP contribution is -2.32. The van der Waals surface area contributed by atoms with Crippen molar-refractivity contribution in [3.05, 3.63) is 69.7 Å². The highest BCUT2D eigenvalue weighted by atomic mass is 79.9. The first kappa shape index (κ1) is 16.3. The molecule has 2 rings (SSSR count). The lowest BCUT2D eigenvalue weighted by Gasteiger charge is -2.31. The van der Waals surface area contributed by atoms with E-state index in [9.17, 15) is 0 Å². The van der Waals surface area contributed by atoms with Crippen LogP contribution in [0.2, 0.25) is 0 Å². The molecule has 0 heterocycles. The van der Waals surface area contributed by atoms with E-state index in [1.165, 1.54) is 16.7 Å². The molecule has 0 N–H and O–H groups in total. The second kappa shape index (κ2) is 7.24. The monoisotopic (exact) mass is 458 g/mol. The first-order valence-corrected chi connectivity index (χ1v) is 9.57. The van der Waals surface area contributed by atoms with Gasteiger partial charge < -0.3 is 0 Å². The van der Waals surface area contributed by atoms with Gasteiger partial charge in [-0.25, -0.2) is 0 Å². The fraction of sp³-hybridized carbons (Fsp3) is 0.294. The van der Waals surface area contributed by atoms with Crippen LogP contribution in [0, 0.1) is 6.92 Å². The molecule has 0 bridgehead atoms. The van der Waals surface area contributed by atoms with Crippen molar-refractivity contribution < 1.29 is 0 Å². The summed E-state index contributed by atoms with van der Waals surface area (Å²) in [5.74, 6) is 0. The number of rotatable bonds is 5. The van der Waals surface area contributed by atoms with Crippen LogP contribution in [0.15, 0.2) is 53.0 Å². The lowest BCUT2D eigenvalue weighted by atomic mass is 9.79. The Kier molecular flexibility index (Phi) is 5.88. The second-order valence-electron chi connectivity index (χ2n) is 5.22. The van der Waals surface area contributed by atoms with Gasteiger partial charge in [0.25, 0.3) is 0 Å². The normalized spacial score (nSPS) is 11.6. The third-order valence-corrected chi connectivity index (χ3v) is 6.31. The van der Waals surface area contributed by atoms with Crippen LogP contribution in [-0.2, 0) is 11.8 Å². The quantitative estimate of drug-likeness (QED) is 0.478. The van der Waals surface area contributed by atoms with Crippen LogP contribution >= 0.6 is 47.8 Å². The molecule has 3 heteroatoms. The Morgan fingerprint density at radius 1 is 0.850 bits per heavy atom. The summed E-state index contributed by atoms with van der Waals surface area (Å²) >= 11 is 10.9. The zero-order chi connectivity index (χ0) is 14.6. The van der Waals surface area contributed by atoms with E-state index in [4.69, 9.17) is 0 Å². The minimum absolute atomic E-state index is 0.0793. The molecule has 0 aliphatic carbocycles. The van der Waals surface area contributed by atoms with E-state index in [1.807, 2.05) is 0 Å². The van der Waals surface area contributed by atoms with E-state index in [0.29, 0.717) is 0 Å². The average Bonchev–Trinajstić information content (AvgIpc) is 2.48. The molecule has 0 aliphatic rings. The number of aryl methyl sites for hydroxylation is 1. The topological polar surface area (TPSA) is 0 Å². The molecule has 2 aromatic rings. The number of hydrogen-bond donors (Lipinski definition) is 0. The smallest absolute Gasteiger partial charge is 0.0187 e. The average molecular weight is 461 g/mol. The number of benzene rings is 2. The van der Waals surface area contributed by atoms with Crippen LogP contribution in [0.4, 0.5) is 0 Å². The van der Waals surface area contributed by atoms with Gasteiger partial charge in [-0.15, -0.1) is 0 Å². The SMILES string of the molecule is Cc1ccc(CC(CBr)(CBr)c2ccc(Br)cc2)cc1. The minimum atomic E-state index is 0.0793. The Labute approximate surface area is 146 Å². The first-order valence-electron chi connectivity index (χ1n) is 6.53. The van der Waals surface area contributed by atoms with Crippen molar-refractivity contribution in [2.75, 3.05) is 10.7 Å². The number of hydrogen-bond acceptors (Lipinski definition) is 0. The van der Waals surface area contributed by atoms with E-state index >= 15 is 0 Å². The molecular weight excluding hydrogens is 444 g/mol. The van der Waals surface area contributed by atoms with Crippen LogP contribution in [-0.4, -0.2) is 10.7 Å². The van der Waals surface area contributed by atoms with Crippen molar-refractivity contribution in [3.63, 3.8) is 0 Å². The van der Waals surface area contributed by atoms with Crippen molar-refractivity contribution in [1.82, 2.24) is 0 Å². The molecule has 0 saturated heterocycles. The van der Waals surface area contributed by atoms with Crippen molar-refractivity contribution in [2.24, 2.45) is 0 Å². The van der Waals surface area contributed by atoms with Crippen LogP contribution in [0.1, 0.15) is 16.7 Å². The van der Waals surface area contributed by atoms with Gasteiger partial charge in [0, 0.05) is 20.5 Å². The van der Waals surface area contributed by atoms with Gasteiger partial charge in [-0.3, -0.25) is 0 Å². The predicted octanol–water partition coefficient (Wildman–Crippen LogP) is 6.03.